The molecule has 4 heteroatoms. The van der Waals surface area contributed by atoms with E-state index in [0.717, 1.165) is 23.5 Å². The molecule has 98 valence electrons. The second-order valence-electron chi connectivity index (χ2n) is 4.77. The Hall–Kier alpha value is -2.15. The van der Waals surface area contributed by atoms with Crippen molar-refractivity contribution in [3.8, 4) is 23.8 Å². The van der Waals surface area contributed by atoms with Crippen LogP contribution < -0.4 is 14.8 Å². The van der Waals surface area contributed by atoms with Gasteiger partial charge in [-0.05, 0) is 30.0 Å². The second kappa shape index (κ2) is 4.85. The third kappa shape index (κ3) is 2.37. The first-order valence-electron chi connectivity index (χ1n) is 6.40. The molecular formula is C15H15NO3. The SMILES string of the molecule is C#CCNC(=O)[C@@H]1C[C@H]1c1ccc2c(c1)OCCO2. The van der Waals surface area contributed by atoms with E-state index < -0.39 is 0 Å². The highest BCUT2D eigenvalue weighted by Gasteiger charge is 2.44. The summed E-state index contributed by atoms with van der Waals surface area (Å²) in [6, 6.07) is 5.90. The Morgan fingerprint density at radius 3 is 2.95 bits per heavy atom. The Balaban J connectivity index is 1.68. The number of amides is 1. The maximum atomic E-state index is 11.8. The van der Waals surface area contributed by atoms with Crippen LogP contribution in [0.1, 0.15) is 17.9 Å². The topological polar surface area (TPSA) is 47.6 Å². The molecule has 1 heterocycles. The van der Waals surface area contributed by atoms with Crippen molar-refractivity contribution >= 4 is 5.91 Å². The average Bonchev–Trinajstić information content (AvgIpc) is 3.24. The van der Waals surface area contributed by atoms with Gasteiger partial charge in [0.1, 0.15) is 13.2 Å². The van der Waals surface area contributed by atoms with Gasteiger partial charge in [0.15, 0.2) is 11.5 Å². The molecule has 0 bridgehead atoms. The lowest BCUT2D eigenvalue weighted by atomic mass is 10.1. The van der Waals surface area contributed by atoms with E-state index in [1.54, 1.807) is 0 Å². The standard InChI is InChI=1S/C15H15NO3/c1-2-5-16-15(17)12-9-11(12)10-3-4-13-14(8-10)19-7-6-18-13/h1,3-4,8,11-12H,5-7,9H2,(H,16,17)/t11-,12+/m0/s1. The Kier molecular flexibility index (Phi) is 3.04. The number of nitrogens with one attached hydrogen (secondary N) is 1. The fraction of sp³-hybridized carbons (Fsp3) is 0.400. The fourth-order valence-electron chi connectivity index (χ4n) is 2.41. The summed E-state index contributed by atoms with van der Waals surface area (Å²) in [4.78, 5) is 11.8. The maximum Gasteiger partial charge on any atom is 0.224 e. The summed E-state index contributed by atoms with van der Waals surface area (Å²) in [6.45, 7) is 1.46. The smallest absolute Gasteiger partial charge is 0.224 e. The highest BCUT2D eigenvalue weighted by molar-refractivity contribution is 5.83. The number of ether oxygens (including phenoxy) is 2. The predicted molar refractivity (Wildman–Crippen MR) is 70.1 cm³/mol. The predicted octanol–water partition coefficient (Wildman–Crippen LogP) is 1.31. The van der Waals surface area contributed by atoms with Gasteiger partial charge in [0.2, 0.25) is 5.91 Å². The molecule has 0 spiro atoms. The number of carbonyl (C=O) groups excluding carboxylic acids is 1. The summed E-state index contributed by atoms with van der Waals surface area (Å²) in [6.07, 6.45) is 6.00. The molecule has 1 amide bonds. The molecule has 1 aromatic carbocycles. The van der Waals surface area contributed by atoms with Crippen molar-refractivity contribution in [2.24, 2.45) is 5.92 Å². The number of terminal acetylenes is 1. The minimum atomic E-state index is 0.0379. The number of benzene rings is 1. The van der Waals surface area contributed by atoms with Gasteiger partial charge >= 0.3 is 0 Å². The molecule has 1 aliphatic carbocycles. The highest BCUT2D eigenvalue weighted by Crippen LogP contribution is 2.49. The summed E-state index contributed by atoms with van der Waals surface area (Å²) in [5, 5.41) is 2.73. The van der Waals surface area contributed by atoms with E-state index in [4.69, 9.17) is 15.9 Å². The summed E-state index contributed by atoms with van der Waals surface area (Å²) in [7, 11) is 0. The molecule has 0 saturated heterocycles. The number of hydrogen-bond acceptors (Lipinski definition) is 3. The van der Waals surface area contributed by atoms with Crippen molar-refractivity contribution in [1.29, 1.82) is 0 Å². The van der Waals surface area contributed by atoms with Gasteiger partial charge in [-0.1, -0.05) is 12.0 Å². The second-order valence-corrected chi connectivity index (χ2v) is 4.77. The summed E-state index contributed by atoms with van der Waals surface area (Å²) >= 11 is 0. The largest absolute Gasteiger partial charge is 0.486 e. The van der Waals surface area contributed by atoms with Gasteiger partial charge in [0, 0.05) is 5.92 Å². The minimum absolute atomic E-state index is 0.0379. The molecule has 4 nitrogen and oxygen atoms in total. The first-order chi connectivity index (χ1) is 9.29. The zero-order valence-electron chi connectivity index (χ0n) is 10.5. The van der Waals surface area contributed by atoms with E-state index in [2.05, 4.69) is 11.2 Å². The summed E-state index contributed by atoms with van der Waals surface area (Å²) < 4.78 is 11.0. The molecule has 3 rings (SSSR count). The van der Waals surface area contributed by atoms with E-state index >= 15 is 0 Å². The fourth-order valence-corrected chi connectivity index (χ4v) is 2.41. The average molecular weight is 257 g/mol. The van der Waals surface area contributed by atoms with Crippen LogP contribution in [-0.4, -0.2) is 25.7 Å². The monoisotopic (exact) mass is 257 g/mol. The van der Waals surface area contributed by atoms with Crippen molar-refractivity contribution in [3.05, 3.63) is 23.8 Å². The third-order valence-corrected chi connectivity index (χ3v) is 3.49. The maximum absolute atomic E-state index is 11.8. The van der Waals surface area contributed by atoms with Crippen LogP contribution in [0.15, 0.2) is 18.2 Å². The Bertz CT molecular complexity index is 547. The summed E-state index contributed by atoms with van der Waals surface area (Å²) in [5.74, 6) is 4.32. The first kappa shape index (κ1) is 11.9. The number of carbonyl (C=O) groups is 1. The van der Waals surface area contributed by atoms with Crippen molar-refractivity contribution in [2.45, 2.75) is 12.3 Å². The molecule has 1 N–H and O–H groups in total. The molecule has 0 radical (unpaired) electrons. The summed E-state index contributed by atoms with van der Waals surface area (Å²) in [5.41, 5.74) is 1.13. The lowest BCUT2D eigenvalue weighted by Crippen LogP contribution is -2.25. The Morgan fingerprint density at radius 1 is 1.37 bits per heavy atom. The van der Waals surface area contributed by atoms with Crippen LogP contribution in [0.5, 0.6) is 11.5 Å². The van der Waals surface area contributed by atoms with Crippen LogP contribution in [0.3, 0.4) is 0 Å². The molecule has 1 aromatic rings. The third-order valence-electron chi connectivity index (χ3n) is 3.49. The molecule has 0 aromatic heterocycles. The molecular weight excluding hydrogens is 242 g/mol. The zero-order chi connectivity index (χ0) is 13.2. The van der Waals surface area contributed by atoms with Crippen molar-refractivity contribution in [3.63, 3.8) is 0 Å². The van der Waals surface area contributed by atoms with Gasteiger partial charge in [-0.2, -0.15) is 0 Å². The molecule has 1 fully saturated rings. The number of hydrogen-bond donors (Lipinski definition) is 1. The van der Waals surface area contributed by atoms with Crippen LogP contribution >= 0.6 is 0 Å². The normalized spacial score (nSPS) is 23.3. The highest BCUT2D eigenvalue weighted by atomic mass is 16.6. The van der Waals surface area contributed by atoms with Gasteiger partial charge in [0.05, 0.1) is 6.54 Å². The van der Waals surface area contributed by atoms with E-state index in [-0.39, 0.29) is 17.7 Å². The van der Waals surface area contributed by atoms with E-state index in [0.29, 0.717) is 19.8 Å². The molecule has 2 atom stereocenters. The van der Waals surface area contributed by atoms with Crippen molar-refractivity contribution < 1.29 is 14.3 Å². The van der Waals surface area contributed by atoms with Gasteiger partial charge < -0.3 is 14.8 Å². The Labute approximate surface area is 112 Å². The van der Waals surface area contributed by atoms with Crippen molar-refractivity contribution in [1.82, 2.24) is 5.32 Å². The molecule has 0 unspecified atom stereocenters. The lowest BCUT2D eigenvalue weighted by molar-refractivity contribution is -0.122. The van der Waals surface area contributed by atoms with Crippen LogP contribution in [0.25, 0.3) is 0 Å². The van der Waals surface area contributed by atoms with E-state index in [1.165, 1.54) is 0 Å². The van der Waals surface area contributed by atoms with Gasteiger partial charge in [-0.3, -0.25) is 4.79 Å². The molecule has 1 aliphatic heterocycles. The number of fused-ring (bicyclic) bond motifs is 1. The van der Waals surface area contributed by atoms with Crippen LogP contribution in [0.4, 0.5) is 0 Å². The van der Waals surface area contributed by atoms with Gasteiger partial charge in [-0.15, -0.1) is 6.42 Å². The molecule has 1 saturated carbocycles. The quantitative estimate of drug-likeness (QED) is 0.831. The van der Waals surface area contributed by atoms with E-state index in [9.17, 15) is 4.79 Å². The van der Waals surface area contributed by atoms with Gasteiger partial charge in [0.25, 0.3) is 0 Å². The van der Waals surface area contributed by atoms with Gasteiger partial charge in [-0.25, -0.2) is 0 Å². The van der Waals surface area contributed by atoms with Crippen LogP contribution in [0, 0.1) is 18.3 Å². The Morgan fingerprint density at radius 2 is 2.16 bits per heavy atom. The van der Waals surface area contributed by atoms with E-state index in [1.807, 2.05) is 18.2 Å². The van der Waals surface area contributed by atoms with Crippen molar-refractivity contribution in [2.75, 3.05) is 19.8 Å². The molecule has 19 heavy (non-hydrogen) atoms. The van der Waals surface area contributed by atoms with Crippen LogP contribution in [-0.2, 0) is 4.79 Å². The lowest BCUT2D eigenvalue weighted by Gasteiger charge is -2.18. The van der Waals surface area contributed by atoms with Crippen LogP contribution in [0.2, 0.25) is 0 Å². The zero-order valence-corrected chi connectivity index (χ0v) is 10.5. The first-order valence-corrected chi connectivity index (χ1v) is 6.40. The minimum Gasteiger partial charge on any atom is -0.486 e. The number of rotatable bonds is 3. The molecule has 2 aliphatic rings.